The van der Waals surface area contributed by atoms with Crippen LogP contribution in [0, 0.1) is 0 Å². The van der Waals surface area contributed by atoms with Gasteiger partial charge in [-0.3, -0.25) is 4.98 Å². The third-order valence-electron chi connectivity index (χ3n) is 3.01. The first-order chi connectivity index (χ1) is 9.09. The molecule has 0 aliphatic carbocycles. The van der Waals surface area contributed by atoms with E-state index in [-0.39, 0.29) is 11.8 Å². The summed E-state index contributed by atoms with van der Waals surface area (Å²) in [6.45, 7) is 2.92. The number of hydrogen-bond donors (Lipinski definition) is 2. The monoisotopic (exact) mass is 284 g/mol. The Morgan fingerprint density at radius 1 is 1.37 bits per heavy atom. The van der Waals surface area contributed by atoms with Crippen LogP contribution in [0.1, 0.15) is 26.2 Å². The normalized spacial score (nSPS) is 21.8. The molecule has 106 valence electrons. The van der Waals surface area contributed by atoms with Crippen LogP contribution in [0.15, 0.2) is 12.4 Å². The summed E-state index contributed by atoms with van der Waals surface area (Å²) in [6, 6.07) is -0.0607. The maximum absolute atomic E-state index is 11.6. The molecule has 2 heterocycles. The number of nitrogens with zero attached hydrogens (tertiary/aromatic N) is 2. The predicted octanol–water partition coefficient (Wildman–Crippen LogP) is 1.29. The highest BCUT2D eigenvalue weighted by Gasteiger charge is 2.24. The highest BCUT2D eigenvalue weighted by molar-refractivity contribution is 7.91. The molecule has 2 rings (SSSR count). The topological polar surface area (TPSA) is 84.0 Å². The van der Waals surface area contributed by atoms with Gasteiger partial charge in [-0.2, -0.15) is 0 Å². The van der Waals surface area contributed by atoms with E-state index in [2.05, 4.69) is 27.5 Å². The molecule has 0 spiro atoms. The summed E-state index contributed by atoms with van der Waals surface area (Å²) in [6.07, 6.45) is 5.87. The Hall–Kier alpha value is -1.37. The highest BCUT2D eigenvalue weighted by Crippen LogP contribution is 2.16. The van der Waals surface area contributed by atoms with Gasteiger partial charge in [0.15, 0.2) is 9.84 Å². The van der Waals surface area contributed by atoms with Crippen molar-refractivity contribution in [1.82, 2.24) is 9.97 Å². The van der Waals surface area contributed by atoms with Crippen LogP contribution in [-0.4, -0.2) is 42.5 Å². The van der Waals surface area contributed by atoms with E-state index in [0.29, 0.717) is 23.8 Å². The van der Waals surface area contributed by atoms with Crippen LogP contribution in [0.4, 0.5) is 11.6 Å². The van der Waals surface area contributed by atoms with Gasteiger partial charge in [0.25, 0.3) is 0 Å². The molecule has 7 heteroatoms. The minimum absolute atomic E-state index is 0.0607. The molecule has 1 saturated heterocycles. The average molecular weight is 284 g/mol. The van der Waals surface area contributed by atoms with Gasteiger partial charge in [-0.15, -0.1) is 0 Å². The molecule has 19 heavy (non-hydrogen) atoms. The van der Waals surface area contributed by atoms with Crippen LogP contribution in [0.25, 0.3) is 0 Å². The van der Waals surface area contributed by atoms with Crippen LogP contribution in [-0.2, 0) is 9.84 Å². The quantitative estimate of drug-likeness (QED) is 0.847. The fourth-order valence-corrected chi connectivity index (χ4v) is 3.76. The molecule has 0 radical (unpaired) electrons. The van der Waals surface area contributed by atoms with Gasteiger partial charge in [0.1, 0.15) is 11.6 Å². The number of anilines is 2. The second kappa shape index (κ2) is 6.18. The minimum atomic E-state index is -2.90. The first kappa shape index (κ1) is 14.0. The molecule has 6 nitrogen and oxygen atoms in total. The van der Waals surface area contributed by atoms with Crippen molar-refractivity contribution in [3.63, 3.8) is 0 Å². The number of aromatic nitrogens is 2. The number of nitrogens with one attached hydrogen (secondary N) is 2. The Balaban J connectivity index is 1.98. The van der Waals surface area contributed by atoms with Crippen molar-refractivity contribution in [2.24, 2.45) is 0 Å². The molecule has 1 unspecified atom stereocenters. The zero-order valence-electron chi connectivity index (χ0n) is 11.1. The van der Waals surface area contributed by atoms with Crippen molar-refractivity contribution >= 4 is 21.5 Å². The summed E-state index contributed by atoms with van der Waals surface area (Å²) < 4.78 is 23.1. The van der Waals surface area contributed by atoms with E-state index in [1.807, 2.05) is 0 Å². The molecule has 1 aromatic rings. The van der Waals surface area contributed by atoms with E-state index in [4.69, 9.17) is 0 Å². The molecule has 1 atom stereocenters. The van der Waals surface area contributed by atoms with Gasteiger partial charge in [0, 0.05) is 12.6 Å². The van der Waals surface area contributed by atoms with Crippen LogP contribution in [0.5, 0.6) is 0 Å². The SMILES string of the molecule is CCCNc1cncc(NC2CCCS(=O)(=O)C2)n1. The number of sulfone groups is 1. The van der Waals surface area contributed by atoms with Crippen LogP contribution >= 0.6 is 0 Å². The number of hydrogen-bond acceptors (Lipinski definition) is 6. The van der Waals surface area contributed by atoms with E-state index in [1.165, 1.54) is 0 Å². The lowest BCUT2D eigenvalue weighted by molar-refractivity contribution is 0.561. The Morgan fingerprint density at radius 3 is 2.89 bits per heavy atom. The molecule has 1 aliphatic heterocycles. The summed E-state index contributed by atoms with van der Waals surface area (Å²) in [4.78, 5) is 8.48. The minimum Gasteiger partial charge on any atom is -0.369 e. The first-order valence-electron chi connectivity index (χ1n) is 6.62. The Morgan fingerprint density at radius 2 is 2.16 bits per heavy atom. The van der Waals surface area contributed by atoms with Crippen molar-refractivity contribution in [2.45, 2.75) is 32.2 Å². The van der Waals surface area contributed by atoms with Crippen LogP contribution in [0.2, 0.25) is 0 Å². The van der Waals surface area contributed by atoms with E-state index in [9.17, 15) is 8.42 Å². The fourth-order valence-electron chi connectivity index (χ4n) is 2.12. The molecule has 1 fully saturated rings. The van der Waals surface area contributed by atoms with E-state index in [1.54, 1.807) is 12.4 Å². The van der Waals surface area contributed by atoms with Gasteiger partial charge in [-0.1, -0.05) is 6.92 Å². The second-order valence-electron chi connectivity index (χ2n) is 4.81. The zero-order valence-corrected chi connectivity index (χ0v) is 11.9. The van der Waals surface area contributed by atoms with Crippen molar-refractivity contribution < 1.29 is 8.42 Å². The predicted molar refractivity (Wildman–Crippen MR) is 76.1 cm³/mol. The van der Waals surface area contributed by atoms with Crippen LogP contribution in [0.3, 0.4) is 0 Å². The summed E-state index contributed by atoms with van der Waals surface area (Å²) in [5.41, 5.74) is 0. The summed E-state index contributed by atoms with van der Waals surface area (Å²) in [5, 5.41) is 6.32. The van der Waals surface area contributed by atoms with Gasteiger partial charge in [0.2, 0.25) is 0 Å². The first-order valence-corrected chi connectivity index (χ1v) is 8.44. The molecule has 2 N–H and O–H groups in total. The van der Waals surface area contributed by atoms with Gasteiger partial charge in [-0.25, -0.2) is 13.4 Å². The maximum Gasteiger partial charge on any atom is 0.152 e. The fraction of sp³-hybridized carbons (Fsp3) is 0.667. The third-order valence-corrected chi connectivity index (χ3v) is 4.83. The highest BCUT2D eigenvalue weighted by atomic mass is 32.2. The van der Waals surface area contributed by atoms with Crippen molar-refractivity contribution in [3.05, 3.63) is 12.4 Å². The van der Waals surface area contributed by atoms with Gasteiger partial charge < -0.3 is 10.6 Å². The smallest absolute Gasteiger partial charge is 0.152 e. The Labute approximate surface area is 114 Å². The molecular weight excluding hydrogens is 264 g/mol. The van der Waals surface area contributed by atoms with Gasteiger partial charge in [0.05, 0.1) is 23.9 Å². The lowest BCUT2D eigenvalue weighted by Crippen LogP contribution is -2.35. The Kier molecular flexibility index (Phi) is 4.57. The van der Waals surface area contributed by atoms with E-state index in [0.717, 1.165) is 19.4 Å². The molecule has 0 saturated carbocycles. The standard InChI is InChI=1S/C12H20N4O2S/c1-2-5-14-11-7-13-8-12(16-11)15-10-4-3-6-19(17,18)9-10/h7-8,10H,2-6,9H2,1H3,(H2,14,15,16). The summed E-state index contributed by atoms with van der Waals surface area (Å²) in [5.74, 6) is 1.82. The van der Waals surface area contributed by atoms with Crippen LogP contribution < -0.4 is 10.6 Å². The maximum atomic E-state index is 11.6. The van der Waals surface area contributed by atoms with Gasteiger partial charge >= 0.3 is 0 Å². The lowest BCUT2D eigenvalue weighted by Gasteiger charge is -2.23. The molecule has 0 bridgehead atoms. The van der Waals surface area contributed by atoms with Crippen molar-refractivity contribution in [1.29, 1.82) is 0 Å². The lowest BCUT2D eigenvalue weighted by atomic mass is 10.2. The average Bonchev–Trinajstić information content (AvgIpc) is 2.35. The molecule has 0 amide bonds. The van der Waals surface area contributed by atoms with Crippen molar-refractivity contribution in [3.8, 4) is 0 Å². The molecule has 0 aromatic carbocycles. The van der Waals surface area contributed by atoms with E-state index >= 15 is 0 Å². The second-order valence-corrected chi connectivity index (χ2v) is 7.04. The molecule has 1 aliphatic rings. The molecular formula is C12H20N4O2S. The largest absolute Gasteiger partial charge is 0.369 e. The summed E-state index contributed by atoms with van der Waals surface area (Å²) >= 11 is 0. The third kappa shape index (κ3) is 4.34. The van der Waals surface area contributed by atoms with Gasteiger partial charge in [-0.05, 0) is 19.3 Å². The summed E-state index contributed by atoms with van der Waals surface area (Å²) in [7, 11) is -2.90. The van der Waals surface area contributed by atoms with Crippen molar-refractivity contribution in [2.75, 3.05) is 28.7 Å². The zero-order chi connectivity index (χ0) is 13.7. The number of rotatable bonds is 5. The van der Waals surface area contributed by atoms with E-state index < -0.39 is 9.84 Å². The molecule has 1 aromatic heterocycles. The Bertz CT molecular complexity index is 518.